The molecule has 0 amide bonds. The number of aliphatic hydroxyl groups excluding tert-OH is 7. The summed E-state index contributed by atoms with van der Waals surface area (Å²) in [5, 5.41) is 102. The Morgan fingerprint density at radius 1 is 0.800 bits per heavy atom. The van der Waals surface area contributed by atoms with E-state index in [1.54, 1.807) is 0 Å². The molecule has 0 spiro atoms. The predicted molar refractivity (Wildman–Crippen MR) is 146 cm³/mol. The summed E-state index contributed by atoms with van der Waals surface area (Å²) in [5.41, 5.74) is -1.48. The van der Waals surface area contributed by atoms with Gasteiger partial charge in [-0.2, -0.15) is 0 Å². The minimum atomic E-state index is -1.96. The Balaban J connectivity index is 1.63. The van der Waals surface area contributed by atoms with Crippen LogP contribution >= 0.6 is 0 Å². The van der Waals surface area contributed by atoms with Gasteiger partial charge >= 0.3 is 0 Å². The molecule has 0 aliphatic carbocycles. The minimum absolute atomic E-state index is 0.102. The molecule has 2 aliphatic rings. The molecule has 0 radical (unpaired) electrons. The highest BCUT2D eigenvalue weighted by molar-refractivity contribution is 5.93. The van der Waals surface area contributed by atoms with Crippen molar-refractivity contribution in [1.29, 1.82) is 0 Å². The fraction of sp³-hybridized carbons (Fsp3) is 0.464. The Kier molecular flexibility index (Phi) is 9.38. The van der Waals surface area contributed by atoms with Crippen molar-refractivity contribution in [3.05, 3.63) is 40.6 Å². The SMILES string of the molecule is COc1cc(O)c2c(=O)c(O[C@H]3O[C@H](CO)[C@@H](O)[C@H](O)[C@H]3O[C@@H]3O[C@H](CO)[C@@H](O)[C@H](O)[C@H]3O)c(-c3ccc(O)cc3)oc2c1O. The van der Waals surface area contributed by atoms with Crippen molar-refractivity contribution in [3.63, 3.8) is 0 Å². The van der Waals surface area contributed by atoms with Crippen LogP contribution in [0.4, 0.5) is 0 Å². The molecule has 0 saturated carbocycles. The van der Waals surface area contributed by atoms with E-state index in [0.29, 0.717) is 0 Å². The number of aromatic hydroxyl groups is 3. The first-order valence-corrected chi connectivity index (χ1v) is 13.6. The van der Waals surface area contributed by atoms with Crippen LogP contribution < -0.4 is 14.9 Å². The number of hydrogen-bond acceptors (Lipinski definition) is 17. The van der Waals surface area contributed by atoms with Crippen LogP contribution in [0.15, 0.2) is 39.5 Å². The molecule has 17 heteroatoms. The molecule has 10 atom stereocenters. The van der Waals surface area contributed by atoms with Crippen LogP contribution in [-0.4, -0.2) is 133 Å². The lowest BCUT2D eigenvalue weighted by atomic mass is 9.97. The summed E-state index contributed by atoms with van der Waals surface area (Å²) < 4.78 is 33.4. The van der Waals surface area contributed by atoms with Gasteiger partial charge in [0, 0.05) is 11.6 Å². The molecule has 2 fully saturated rings. The Morgan fingerprint density at radius 3 is 2.00 bits per heavy atom. The number of fused-ring (bicyclic) bond motifs is 1. The van der Waals surface area contributed by atoms with Gasteiger partial charge in [-0.15, -0.1) is 0 Å². The third-order valence-corrected chi connectivity index (χ3v) is 7.59. The van der Waals surface area contributed by atoms with E-state index in [2.05, 4.69) is 0 Å². The quantitative estimate of drug-likeness (QED) is 0.115. The highest BCUT2D eigenvalue weighted by atomic mass is 16.8. The molecule has 2 aliphatic heterocycles. The second kappa shape index (κ2) is 12.9. The fourth-order valence-corrected chi connectivity index (χ4v) is 5.11. The normalized spacial score (nSPS) is 32.0. The number of hydrogen-bond donors (Lipinski definition) is 10. The smallest absolute Gasteiger partial charge is 0.239 e. The van der Waals surface area contributed by atoms with Crippen molar-refractivity contribution in [1.82, 2.24) is 0 Å². The molecule has 0 bridgehead atoms. The molecular weight excluding hydrogens is 608 g/mol. The molecular formula is C28H32O17. The average Bonchev–Trinajstić information content (AvgIpc) is 3.03. The van der Waals surface area contributed by atoms with Gasteiger partial charge in [-0.1, -0.05) is 0 Å². The second-order valence-corrected chi connectivity index (χ2v) is 10.4. The van der Waals surface area contributed by atoms with Crippen LogP contribution in [0, 0.1) is 0 Å². The van der Waals surface area contributed by atoms with E-state index in [4.69, 9.17) is 28.1 Å². The van der Waals surface area contributed by atoms with Gasteiger partial charge in [-0.3, -0.25) is 4.79 Å². The van der Waals surface area contributed by atoms with E-state index < -0.39 is 108 Å². The molecule has 2 aromatic carbocycles. The lowest BCUT2D eigenvalue weighted by molar-refractivity contribution is -0.358. The minimum Gasteiger partial charge on any atom is -0.508 e. The van der Waals surface area contributed by atoms with Crippen molar-refractivity contribution < 1.29 is 79.2 Å². The Labute approximate surface area is 252 Å². The summed E-state index contributed by atoms with van der Waals surface area (Å²) in [6.45, 7) is -1.66. The number of aliphatic hydroxyl groups is 7. The van der Waals surface area contributed by atoms with Crippen LogP contribution in [0.2, 0.25) is 0 Å². The van der Waals surface area contributed by atoms with Crippen molar-refractivity contribution in [2.24, 2.45) is 0 Å². The topological polar surface area (TPSA) is 279 Å². The maximum absolute atomic E-state index is 13.9. The Bertz CT molecular complexity index is 1560. The molecule has 1 aromatic heterocycles. The molecule has 10 N–H and O–H groups in total. The van der Waals surface area contributed by atoms with Crippen molar-refractivity contribution >= 4 is 11.0 Å². The maximum atomic E-state index is 13.9. The van der Waals surface area contributed by atoms with Gasteiger partial charge in [0.25, 0.3) is 0 Å². The summed E-state index contributed by atoms with van der Waals surface area (Å²) in [4.78, 5) is 13.9. The third kappa shape index (κ3) is 5.86. The van der Waals surface area contributed by atoms with E-state index in [0.717, 1.165) is 6.07 Å². The number of phenolic OH excluding ortho intramolecular Hbond substituents is 3. The second-order valence-electron chi connectivity index (χ2n) is 10.4. The van der Waals surface area contributed by atoms with Gasteiger partial charge < -0.3 is 79.2 Å². The highest BCUT2D eigenvalue weighted by Crippen LogP contribution is 2.43. The summed E-state index contributed by atoms with van der Waals surface area (Å²) in [6.07, 6.45) is -17.9. The maximum Gasteiger partial charge on any atom is 0.239 e. The largest absolute Gasteiger partial charge is 0.508 e. The molecule has 3 aromatic rings. The van der Waals surface area contributed by atoms with Gasteiger partial charge in [0.1, 0.15) is 59.6 Å². The van der Waals surface area contributed by atoms with Crippen molar-refractivity contribution in [3.8, 4) is 40.1 Å². The van der Waals surface area contributed by atoms with Gasteiger partial charge in [0.05, 0.1) is 20.3 Å². The summed E-state index contributed by atoms with van der Waals surface area (Å²) in [7, 11) is 1.20. The molecule has 0 unspecified atom stereocenters. The first kappa shape index (κ1) is 32.6. The van der Waals surface area contributed by atoms with Crippen LogP contribution in [0.1, 0.15) is 0 Å². The molecule has 5 rings (SSSR count). The molecule has 17 nitrogen and oxygen atoms in total. The predicted octanol–water partition coefficient (Wildman–Crippen LogP) is -2.41. The van der Waals surface area contributed by atoms with E-state index in [1.165, 1.54) is 31.4 Å². The number of phenols is 3. The number of ether oxygens (including phenoxy) is 5. The van der Waals surface area contributed by atoms with Crippen LogP contribution in [0.25, 0.3) is 22.3 Å². The zero-order valence-corrected chi connectivity index (χ0v) is 23.4. The average molecular weight is 641 g/mol. The van der Waals surface area contributed by atoms with E-state index in [-0.39, 0.29) is 22.8 Å². The summed E-state index contributed by atoms with van der Waals surface area (Å²) in [6, 6.07) is 6.08. The molecule has 45 heavy (non-hydrogen) atoms. The van der Waals surface area contributed by atoms with Gasteiger partial charge in [0.2, 0.25) is 23.2 Å². The summed E-state index contributed by atoms with van der Waals surface area (Å²) in [5.74, 6) is -2.80. The first-order valence-electron chi connectivity index (χ1n) is 13.6. The van der Waals surface area contributed by atoms with E-state index in [1.807, 2.05) is 0 Å². The molecule has 3 heterocycles. The molecule has 246 valence electrons. The number of methoxy groups -OCH3 is 1. The van der Waals surface area contributed by atoms with Gasteiger partial charge in [0.15, 0.2) is 29.5 Å². The fourth-order valence-electron chi connectivity index (χ4n) is 5.11. The summed E-state index contributed by atoms with van der Waals surface area (Å²) >= 11 is 0. The lowest BCUT2D eigenvalue weighted by Crippen LogP contribution is -2.65. The number of benzene rings is 2. The van der Waals surface area contributed by atoms with Crippen LogP contribution in [0.5, 0.6) is 28.7 Å². The van der Waals surface area contributed by atoms with Crippen molar-refractivity contribution in [2.75, 3.05) is 20.3 Å². The zero-order chi connectivity index (χ0) is 32.7. The van der Waals surface area contributed by atoms with Crippen molar-refractivity contribution in [2.45, 2.75) is 61.4 Å². The standard InChI is InChI=1S/C28H32O17/c1-40-12-6-11(32)15-19(36)25(23(43-24(15)18(12)35)9-2-4-10(31)5-3-9)44-28-26(21(38)17(34)14(8-30)42-28)45-27-22(39)20(37)16(33)13(7-29)41-27/h2-6,13-14,16-17,20-22,26-35,37-39H,7-8H2,1H3/t13-,14-,16-,17-,20+,21+,22-,26-,27+,28-/m1/s1. The van der Waals surface area contributed by atoms with Gasteiger partial charge in [-0.05, 0) is 24.3 Å². The number of rotatable bonds is 8. The van der Waals surface area contributed by atoms with Gasteiger partial charge in [-0.25, -0.2) is 0 Å². The Morgan fingerprint density at radius 2 is 1.40 bits per heavy atom. The van der Waals surface area contributed by atoms with E-state index in [9.17, 15) is 55.9 Å². The lowest BCUT2D eigenvalue weighted by Gasteiger charge is -2.45. The van der Waals surface area contributed by atoms with Crippen LogP contribution in [-0.2, 0) is 14.2 Å². The highest BCUT2D eigenvalue weighted by Gasteiger charge is 2.51. The monoisotopic (exact) mass is 640 g/mol. The first-order chi connectivity index (χ1) is 21.4. The molecule has 2 saturated heterocycles. The zero-order valence-electron chi connectivity index (χ0n) is 23.4. The van der Waals surface area contributed by atoms with Crippen LogP contribution in [0.3, 0.4) is 0 Å². The van der Waals surface area contributed by atoms with E-state index >= 15 is 0 Å². The third-order valence-electron chi connectivity index (χ3n) is 7.59. The Hall–Kier alpha value is -3.75.